The Morgan fingerprint density at radius 2 is 2.44 bits per heavy atom. The summed E-state index contributed by atoms with van der Waals surface area (Å²) in [5, 5.41) is 0. The fourth-order valence-electron chi connectivity index (χ4n) is 1.64. The highest BCUT2D eigenvalue weighted by atomic mass is 16.5. The minimum absolute atomic E-state index is 0.0452. The smallest absolute Gasteiger partial charge is 0.241 e. The molecule has 2 rings (SSSR count). The van der Waals surface area contributed by atoms with Crippen molar-refractivity contribution in [2.24, 2.45) is 11.8 Å². The minimum atomic E-state index is -0.117. The maximum Gasteiger partial charge on any atom is 0.241 e. The Kier molecular flexibility index (Phi) is 2.92. The average Bonchev–Trinajstić information content (AvgIpc) is 3.07. The molecule has 0 saturated heterocycles. The van der Waals surface area contributed by atoms with Crippen molar-refractivity contribution < 1.29 is 9.53 Å². The van der Waals surface area contributed by atoms with E-state index >= 15 is 0 Å². The van der Waals surface area contributed by atoms with Crippen LogP contribution in [-0.2, 0) is 4.79 Å². The first kappa shape index (κ1) is 10.7. The average molecular weight is 218 g/mol. The van der Waals surface area contributed by atoms with Crippen LogP contribution in [0.1, 0.15) is 12.0 Å². The van der Waals surface area contributed by atoms with Crippen molar-refractivity contribution >= 4 is 12.0 Å². The highest BCUT2D eigenvalue weighted by Gasteiger charge is 2.35. The number of nitrogens with two attached hydrogens (primary N) is 1. The number of amides is 1. The molecule has 1 aliphatic rings. The summed E-state index contributed by atoms with van der Waals surface area (Å²) in [6, 6.07) is 7.72. The van der Waals surface area contributed by atoms with Gasteiger partial charge in [-0.1, -0.05) is 23.8 Å². The predicted octanol–water partition coefficient (Wildman–Crippen LogP) is 1.09. The molecule has 1 aromatic rings. The lowest BCUT2D eigenvalue weighted by molar-refractivity contribution is -0.122. The normalized spacial score (nSPS) is 20.6. The van der Waals surface area contributed by atoms with Gasteiger partial charge in [0.25, 0.3) is 0 Å². The van der Waals surface area contributed by atoms with Gasteiger partial charge in [0.05, 0.1) is 13.0 Å². The maximum atomic E-state index is 11.2. The van der Waals surface area contributed by atoms with Crippen molar-refractivity contribution in [3.8, 4) is 5.75 Å². The van der Waals surface area contributed by atoms with Crippen LogP contribution >= 0.6 is 0 Å². The number of methoxy groups -OCH3 is 1. The van der Waals surface area contributed by atoms with E-state index in [9.17, 15) is 4.79 Å². The predicted molar refractivity (Wildman–Crippen MR) is 61.4 cm³/mol. The molecule has 0 bridgehead atoms. The summed E-state index contributed by atoms with van der Waals surface area (Å²) in [4.78, 5) is 11.2. The molecular formula is C12H14N2O2. The van der Waals surface area contributed by atoms with E-state index in [1.54, 1.807) is 7.11 Å². The summed E-state index contributed by atoms with van der Waals surface area (Å²) >= 11 is 0. The second-order valence-corrected chi connectivity index (χ2v) is 3.76. The van der Waals surface area contributed by atoms with E-state index in [4.69, 9.17) is 10.6 Å². The van der Waals surface area contributed by atoms with E-state index in [0.29, 0.717) is 0 Å². The third-order valence-corrected chi connectivity index (χ3v) is 2.63. The van der Waals surface area contributed by atoms with E-state index in [-0.39, 0.29) is 11.8 Å². The Labute approximate surface area is 94.1 Å². The molecule has 1 atom stereocenters. The Morgan fingerprint density at radius 1 is 1.62 bits per heavy atom. The molecule has 0 aromatic heterocycles. The van der Waals surface area contributed by atoms with Crippen molar-refractivity contribution in [2.75, 3.05) is 7.11 Å². The van der Waals surface area contributed by atoms with Gasteiger partial charge in [0, 0.05) is 0 Å². The summed E-state index contributed by atoms with van der Waals surface area (Å²) < 4.78 is 5.12. The molecular weight excluding hydrogens is 204 g/mol. The van der Waals surface area contributed by atoms with Crippen molar-refractivity contribution in [3.63, 3.8) is 0 Å². The first-order valence-corrected chi connectivity index (χ1v) is 5.09. The van der Waals surface area contributed by atoms with Crippen LogP contribution in [0, 0.1) is 5.92 Å². The lowest BCUT2D eigenvalue weighted by Crippen LogP contribution is -2.31. The highest BCUT2D eigenvalue weighted by Crippen LogP contribution is 2.39. The quantitative estimate of drug-likeness (QED) is 0.453. The molecule has 1 aliphatic carbocycles. The molecule has 84 valence electrons. The fraction of sp³-hybridized carbons (Fsp3) is 0.250. The van der Waals surface area contributed by atoms with Crippen LogP contribution < -0.4 is 16.0 Å². The number of hydrazine groups is 1. The van der Waals surface area contributed by atoms with Gasteiger partial charge >= 0.3 is 0 Å². The Bertz CT molecular complexity index is 440. The maximum absolute atomic E-state index is 11.2. The zero-order valence-electron chi connectivity index (χ0n) is 9.07. The van der Waals surface area contributed by atoms with Crippen molar-refractivity contribution in [2.45, 2.75) is 6.42 Å². The van der Waals surface area contributed by atoms with Crippen molar-refractivity contribution in [3.05, 3.63) is 35.4 Å². The topological polar surface area (TPSA) is 64.3 Å². The number of carbonyl (C=O) groups is 1. The second kappa shape index (κ2) is 4.37. The van der Waals surface area contributed by atoms with Gasteiger partial charge in [0.2, 0.25) is 5.91 Å². The summed E-state index contributed by atoms with van der Waals surface area (Å²) in [5.74, 6) is 5.72. The lowest BCUT2D eigenvalue weighted by atomic mass is 10.2. The van der Waals surface area contributed by atoms with Crippen LogP contribution in [0.4, 0.5) is 0 Å². The van der Waals surface area contributed by atoms with E-state index in [2.05, 4.69) is 5.43 Å². The Hall–Kier alpha value is -1.81. The number of hydrogen-bond acceptors (Lipinski definition) is 3. The third kappa shape index (κ3) is 2.23. The van der Waals surface area contributed by atoms with Gasteiger partial charge in [-0.2, -0.15) is 0 Å². The van der Waals surface area contributed by atoms with E-state index in [0.717, 1.165) is 23.3 Å². The fourth-order valence-corrected chi connectivity index (χ4v) is 1.64. The molecule has 3 N–H and O–H groups in total. The van der Waals surface area contributed by atoms with E-state index in [1.807, 2.05) is 30.3 Å². The molecule has 0 radical (unpaired) electrons. The summed E-state index contributed by atoms with van der Waals surface area (Å²) in [5.41, 5.74) is 4.31. The first-order valence-electron chi connectivity index (χ1n) is 5.09. The molecule has 0 aliphatic heterocycles. The zero-order chi connectivity index (χ0) is 11.5. The number of rotatable bonds is 3. The molecule has 1 fully saturated rings. The number of benzene rings is 1. The summed E-state index contributed by atoms with van der Waals surface area (Å²) in [6.45, 7) is 0. The second-order valence-electron chi connectivity index (χ2n) is 3.76. The van der Waals surface area contributed by atoms with Crippen LogP contribution in [0.5, 0.6) is 5.75 Å². The molecule has 0 spiro atoms. The van der Waals surface area contributed by atoms with Gasteiger partial charge in [-0.15, -0.1) is 0 Å². The number of hydrogen-bond donors (Lipinski definition) is 2. The number of carbonyl (C=O) groups excluding carboxylic acids is 1. The molecule has 1 unspecified atom stereocenters. The van der Waals surface area contributed by atoms with Crippen LogP contribution in [0.25, 0.3) is 6.08 Å². The molecule has 1 saturated carbocycles. The highest BCUT2D eigenvalue weighted by molar-refractivity contribution is 5.87. The van der Waals surface area contributed by atoms with Crippen LogP contribution in [0.2, 0.25) is 0 Å². The monoisotopic (exact) mass is 218 g/mol. The number of nitrogens with one attached hydrogen (secondary N) is 1. The summed E-state index contributed by atoms with van der Waals surface area (Å²) in [7, 11) is 1.63. The summed E-state index contributed by atoms with van der Waals surface area (Å²) in [6.07, 6.45) is 2.79. The van der Waals surface area contributed by atoms with Crippen LogP contribution in [0.3, 0.4) is 0 Å². The molecule has 16 heavy (non-hydrogen) atoms. The van der Waals surface area contributed by atoms with Crippen LogP contribution in [-0.4, -0.2) is 13.0 Å². The van der Waals surface area contributed by atoms with Gasteiger partial charge in [0.15, 0.2) is 0 Å². The Morgan fingerprint density at radius 3 is 3.12 bits per heavy atom. The number of ether oxygens (including phenoxy) is 1. The molecule has 4 nitrogen and oxygen atoms in total. The largest absolute Gasteiger partial charge is 0.497 e. The van der Waals surface area contributed by atoms with Crippen LogP contribution in [0.15, 0.2) is 29.8 Å². The molecule has 0 heterocycles. The first-order chi connectivity index (χ1) is 7.74. The SMILES string of the molecule is COc1cccc(C=C2CC2C(=O)NN)c1. The lowest BCUT2D eigenvalue weighted by Gasteiger charge is -1.99. The molecule has 4 heteroatoms. The van der Waals surface area contributed by atoms with E-state index in [1.165, 1.54) is 0 Å². The van der Waals surface area contributed by atoms with Gasteiger partial charge in [-0.05, 0) is 24.1 Å². The zero-order valence-corrected chi connectivity index (χ0v) is 9.07. The van der Waals surface area contributed by atoms with Gasteiger partial charge in [-0.25, -0.2) is 5.84 Å². The molecule has 1 aromatic carbocycles. The van der Waals surface area contributed by atoms with E-state index < -0.39 is 0 Å². The molecule has 1 amide bonds. The van der Waals surface area contributed by atoms with Crippen molar-refractivity contribution in [1.29, 1.82) is 0 Å². The van der Waals surface area contributed by atoms with Gasteiger partial charge in [-0.3, -0.25) is 10.2 Å². The van der Waals surface area contributed by atoms with Crippen molar-refractivity contribution in [1.82, 2.24) is 5.43 Å². The van der Waals surface area contributed by atoms with Gasteiger partial charge < -0.3 is 4.74 Å². The minimum Gasteiger partial charge on any atom is -0.497 e. The Balaban J connectivity index is 2.10. The van der Waals surface area contributed by atoms with Gasteiger partial charge in [0.1, 0.15) is 5.75 Å². The standard InChI is InChI=1S/C12H14N2O2/c1-16-10-4-2-3-8(6-10)5-9-7-11(9)12(15)14-13/h2-6,11H,7,13H2,1H3,(H,14,15). The third-order valence-electron chi connectivity index (χ3n) is 2.63.